The van der Waals surface area contributed by atoms with Gasteiger partial charge in [-0.1, -0.05) is 13.8 Å². The van der Waals surface area contributed by atoms with Crippen molar-refractivity contribution in [3.05, 3.63) is 26.7 Å². The number of aryl methyl sites for hydroxylation is 3. The van der Waals surface area contributed by atoms with E-state index in [0.717, 1.165) is 29.8 Å². The molecule has 0 saturated heterocycles. The molecule has 6 heteroatoms. The Balaban J connectivity index is 3.00. The molecule has 6 nitrogen and oxygen atoms in total. The van der Waals surface area contributed by atoms with Crippen molar-refractivity contribution in [3.8, 4) is 0 Å². The molecule has 0 aliphatic heterocycles. The summed E-state index contributed by atoms with van der Waals surface area (Å²) in [5.74, 6) is 0.852. The molecular formula is C12H18N4O2. The summed E-state index contributed by atoms with van der Waals surface area (Å²) in [5, 5.41) is 0. The SMILES string of the molecule is CCCn1c(CC)nc2c1c(=O)n(C)c(=O)n2C. The predicted octanol–water partition coefficient (Wildman–Crippen LogP) is 0.406. The number of hydrogen-bond donors (Lipinski definition) is 0. The molecule has 2 rings (SSSR count). The lowest BCUT2D eigenvalue weighted by Crippen LogP contribution is -2.37. The van der Waals surface area contributed by atoms with Crippen molar-refractivity contribution in [2.45, 2.75) is 33.2 Å². The van der Waals surface area contributed by atoms with E-state index in [2.05, 4.69) is 11.9 Å². The van der Waals surface area contributed by atoms with Crippen LogP contribution in [0.5, 0.6) is 0 Å². The Morgan fingerprint density at radius 2 is 1.78 bits per heavy atom. The maximum atomic E-state index is 12.2. The van der Waals surface area contributed by atoms with Gasteiger partial charge in [0.15, 0.2) is 11.2 Å². The molecule has 2 aromatic rings. The first kappa shape index (κ1) is 12.6. The number of aromatic nitrogens is 4. The van der Waals surface area contributed by atoms with Crippen LogP contribution in [0.25, 0.3) is 11.2 Å². The summed E-state index contributed by atoms with van der Waals surface area (Å²) in [6, 6.07) is 0. The summed E-state index contributed by atoms with van der Waals surface area (Å²) in [6.45, 7) is 4.79. The Morgan fingerprint density at radius 3 is 2.33 bits per heavy atom. The first-order valence-corrected chi connectivity index (χ1v) is 6.18. The van der Waals surface area contributed by atoms with Gasteiger partial charge in [0.25, 0.3) is 5.56 Å². The van der Waals surface area contributed by atoms with Crippen LogP contribution in [-0.2, 0) is 27.1 Å². The average molecular weight is 250 g/mol. The van der Waals surface area contributed by atoms with Crippen LogP contribution in [0, 0.1) is 0 Å². The van der Waals surface area contributed by atoms with Gasteiger partial charge >= 0.3 is 5.69 Å². The van der Waals surface area contributed by atoms with Gasteiger partial charge in [0.2, 0.25) is 0 Å². The number of imidazole rings is 1. The Hall–Kier alpha value is -1.85. The van der Waals surface area contributed by atoms with Gasteiger partial charge in [0.05, 0.1) is 0 Å². The highest BCUT2D eigenvalue weighted by atomic mass is 16.2. The molecule has 0 bridgehead atoms. The van der Waals surface area contributed by atoms with Gasteiger partial charge in [-0.2, -0.15) is 0 Å². The summed E-state index contributed by atoms with van der Waals surface area (Å²) in [6.07, 6.45) is 1.66. The van der Waals surface area contributed by atoms with Gasteiger partial charge in [0, 0.05) is 27.1 Å². The van der Waals surface area contributed by atoms with E-state index >= 15 is 0 Å². The van der Waals surface area contributed by atoms with E-state index in [0.29, 0.717) is 11.2 Å². The summed E-state index contributed by atoms with van der Waals surface area (Å²) in [5.41, 5.74) is 0.400. The minimum atomic E-state index is -0.337. The van der Waals surface area contributed by atoms with E-state index in [1.807, 2.05) is 11.5 Å². The highest BCUT2D eigenvalue weighted by molar-refractivity contribution is 5.71. The second-order valence-electron chi connectivity index (χ2n) is 4.41. The van der Waals surface area contributed by atoms with Crippen molar-refractivity contribution < 1.29 is 0 Å². The van der Waals surface area contributed by atoms with Crippen molar-refractivity contribution in [2.24, 2.45) is 14.1 Å². The third-order valence-electron chi connectivity index (χ3n) is 3.19. The minimum Gasteiger partial charge on any atom is -0.322 e. The van der Waals surface area contributed by atoms with E-state index < -0.39 is 0 Å². The van der Waals surface area contributed by atoms with Gasteiger partial charge in [-0.05, 0) is 6.42 Å². The summed E-state index contributed by atoms with van der Waals surface area (Å²) in [4.78, 5) is 28.5. The standard InChI is InChI=1S/C12H18N4O2/c1-5-7-16-8(6-2)13-10-9(16)11(17)15(4)12(18)14(10)3/h5-7H2,1-4H3. The molecule has 2 heterocycles. The van der Waals surface area contributed by atoms with Crippen LogP contribution in [0.3, 0.4) is 0 Å². The quantitative estimate of drug-likeness (QED) is 0.792. The highest BCUT2D eigenvalue weighted by Gasteiger charge is 2.17. The zero-order valence-corrected chi connectivity index (χ0v) is 11.2. The van der Waals surface area contributed by atoms with E-state index in [9.17, 15) is 9.59 Å². The lowest BCUT2D eigenvalue weighted by Gasteiger charge is -2.06. The van der Waals surface area contributed by atoms with E-state index in [-0.39, 0.29) is 11.2 Å². The molecule has 0 fully saturated rings. The summed E-state index contributed by atoms with van der Waals surface area (Å²) < 4.78 is 4.49. The second kappa shape index (κ2) is 4.44. The molecule has 2 aromatic heterocycles. The van der Waals surface area contributed by atoms with Crippen LogP contribution in [0.1, 0.15) is 26.1 Å². The van der Waals surface area contributed by atoms with Crippen molar-refractivity contribution >= 4 is 11.2 Å². The van der Waals surface area contributed by atoms with Gasteiger partial charge in [-0.3, -0.25) is 13.9 Å². The molecule has 0 saturated carbocycles. The third kappa shape index (κ3) is 1.60. The summed E-state index contributed by atoms with van der Waals surface area (Å²) >= 11 is 0. The maximum absolute atomic E-state index is 12.2. The van der Waals surface area contributed by atoms with Crippen LogP contribution >= 0.6 is 0 Å². The van der Waals surface area contributed by atoms with Crippen LogP contribution in [0.2, 0.25) is 0 Å². The molecule has 0 atom stereocenters. The van der Waals surface area contributed by atoms with Crippen LogP contribution in [-0.4, -0.2) is 18.7 Å². The molecule has 0 amide bonds. The highest BCUT2D eigenvalue weighted by Crippen LogP contribution is 2.12. The van der Waals surface area contributed by atoms with Crippen LogP contribution in [0.15, 0.2) is 9.59 Å². The molecular weight excluding hydrogens is 232 g/mol. The van der Waals surface area contributed by atoms with Gasteiger partial charge < -0.3 is 4.57 Å². The van der Waals surface area contributed by atoms with Gasteiger partial charge in [-0.15, -0.1) is 0 Å². The molecule has 98 valence electrons. The number of rotatable bonds is 3. The predicted molar refractivity (Wildman–Crippen MR) is 69.9 cm³/mol. The topological polar surface area (TPSA) is 61.8 Å². The number of hydrogen-bond acceptors (Lipinski definition) is 3. The Bertz CT molecular complexity index is 705. The van der Waals surface area contributed by atoms with Crippen LogP contribution < -0.4 is 11.2 Å². The Morgan fingerprint density at radius 1 is 1.11 bits per heavy atom. The molecule has 0 aliphatic carbocycles. The Labute approximate surface area is 104 Å². The molecule has 0 radical (unpaired) electrons. The van der Waals surface area contributed by atoms with E-state index in [1.165, 1.54) is 11.6 Å². The monoisotopic (exact) mass is 250 g/mol. The molecule has 0 spiro atoms. The van der Waals surface area contributed by atoms with Gasteiger partial charge in [-0.25, -0.2) is 9.78 Å². The smallest absolute Gasteiger partial charge is 0.322 e. The molecule has 0 aromatic carbocycles. The lowest BCUT2D eigenvalue weighted by molar-refractivity contribution is 0.651. The molecule has 0 unspecified atom stereocenters. The van der Waals surface area contributed by atoms with Crippen molar-refractivity contribution in [2.75, 3.05) is 0 Å². The second-order valence-corrected chi connectivity index (χ2v) is 4.41. The van der Waals surface area contributed by atoms with Gasteiger partial charge in [0.1, 0.15) is 5.82 Å². The fraction of sp³-hybridized carbons (Fsp3) is 0.583. The van der Waals surface area contributed by atoms with E-state index in [1.54, 1.807) is 7.05 Å². The Kier molecular flexibility index (Phi) is 3.11. The number of nitrogens with zero attached hydrogens (tertiary/aromatic N) is 4. The van der Waals surface area contributed by atoms with Crippen molar-refractivity contribution in [1.82, 2.24) is 18.7 Å². The third-order valence-corrected chi connectivity index (χ3v) is 3.19. The van der Waals surface area contributed by atoms with E-state index in [4.69, 9.17) is 0 Å². The first-order valence-electron chi connectivity index (χ1n) is 6.18. The average Bonchev–Trinajstić information content (AvgIpc) is 2.73. The normalized spacial score (nSPS) is 11.3. The van der Waals surface area contributed by atoms with Crippen molar-refractivity contribution in [1.29, 1.82) is 0 Å². The first-order chi connectivity index (χ1) is 8.52. The van der Waals surface area contributed by atoms with Crippen molar-refractivity contribution in [3.63, 3.8) is 0 Å². The minimum absolute atomic E-state index is 0.270. The fourth-order valence-electron chi connectivity index (χ4n) is 2.23. The van der Waals surface area contributed by atoms with Crippen LogP contribution in [0.4, 0.5) is 0 Å². The largest absolute Gasteiger partial charge is 0.332 e. The fourth-order valence-corrected chi connectivity index (χ4v) is 2.23. The lowest BCUT2D eigenvalue weighted by atomic mass is 10.4. The summed E-state index contributed by atoms with van der Waals surface area (Å²) in [7, 11) is 3.14. The zero-order valence-electron chi connectivity index (χ0n) is 11.2. The molecule has 0 aliphatic rings. The molecule has 18 heavy (non-hydrogen) atoms. The maximum Gasteiger partial charge on any atom is 0.332 e. The number of fused-ring (bicyclic) bond motifs is 1. The zero-order chi connectivity index (χ0) is 13.4. The molecule has 0 N–H and O–H groups in total.